The van der Waals surface area contributed by atoms with Crippen LogP contribution in [0.15, 0.2) is 41.0 Å². The molecular weight excluding hydrogens is 396 g/mol. The van der Waals surface area contributed by atoms with Crippen molar-refractivity contribution in [3.05, 3.63) is 63.6 Å². The Kier molecular flexibility index (Phi) is 4.20. The fourth-order valence-electron chi connectivity index (χ4n) is 2.44. The molecule has 1 aromatic heterocycles. The Morgan fingerprint density at radius 3 is 2.50 bits per heavy atom. The van der Waals surface area contributed by atoms with Crippen LogP contribution in [0.5, 0.6) is 0 Å². The van der Waals surface area contributed by atoms with Gasteiger partial charge in [0.15, 0.2) is 6.10 Å². The quantitative estimate of drug-likeness (QED) is 0.591. The molecule has 126 valence electrons. The zero-order valence-corrected chi connectivity index (χ0v) is 13.4. The molecule has 1 fully saturated rings. The molecule has 1 aromatic carbocycles. The van der Waals surface area contributed by atoms with E-state index in [1.165, 1.54) is 24.4 Å². The summed E-state index contributed by atoms with van der Waals surface area (Å²) in [6, 6.07) is 4.69. The number of alkyl carbamates (subject to hydrolysis) is 1. The van der Waals surface area contributed by atoms with Gasteiger partial charge in [-0.1, -0.05) is 12.1 Å². The number of cyclic esters (lactones) is 1. The first-order valence-electron chi connectivity index (χ1n) is 6.71. The van der Waals surface area contributed by atoms with Gasteiger partial charge in [-0.3, -0.25) is 0 Å². The van der Waals surface area contributed by atoms with Gasteiger partial charge in [0.25, 0.3) is 0 Å². The Morgan fingerprint density at radius 1 is 1.21 bits per heavy atom. The molecule has 9 heteroatoms. The summed E-state index contributed by atoms with van der Waals surface area (Å²) in [4.78, 5) is 15.1. The van der Waals surface area contributed by atoms with Crippen LogP contribution in [0, 0.1) is 5.95 Å². The first kappa shape index (κ1) is 16.7. The van der Waals surface area contributed by atoms with Crippen molar-refractivity contribution in [1.29, 1.82) is 0 Å². The first-order chi connectivity index (χ1) is 11.3. The molecule has 1 N–H and O–H groups in total. The third-order valence-electron chi connectivity index (χ3n) is 3.54. The van der Waals surface area contributed by atoms with Gasteiger partial charge in [0.05, 0.1) is 5.56 Å². The number of hydrogen-bond donors (Lipinski definition) is 1. The van der Waals surface area contributed by atoms with Crippen molar-refractivity contribution in [3.63, 3.8) is 0 Å². The number of carbonyl (C=O) groups excluding carboxylic acids is 1. The zero-order valence-electron chi connectivity index (χ0n) is 11.8. The van der Waals surface area contributed by atoms with Crippen LogP contribution in [0.1, 0.15) is 28.8 Å². The molecule has 0 spiro atoms. The fourth-order valence-corrected chi connectivity index (χ4v) is 2.79. The van der Waals surface area contributed by atoms with Gasteiger partial charge < -0.3 is 10.1 Å². The van der Waals surface area contributed by atoms with Gasteiger partial charge in [-0.15, -0.1) is 0 Å². The van der Waals surface area contributed by atoms with Crippen molar-refractivity contribution in [2.45, 2.75) is 18.3 Å². The van der Waals surface area contributed by atoms with Crippen LogP contribution >= 0.6 is 15.9 Å². The summed E-state index contributed by atoms with van der Waals surface area (Å²) in [5.41, 5.74) is -0.443. The summed E-state index contributed by atoms with van der Waals surface area (Å²) in [7, 11) is 0. The standard InChI is InChI=1S/C15H9BrF4N2O2/c16-9-5-10(13(17)21-6-9)11-12(24-14(23)22-11)7-1-3-8(4-2-7)15(18,19)20/h1-6,11-12H,(H,22,23). The predicted octanol–water partition coefficient (Wildman–Crippen LogP) is 4.52. The van der Waals surface area contributed by atoms with E-state index in [9.17, 15) is 22.4 Å². The third kappa shape index (κ3) is 3.21. The summed E-state index contributed by atoms with van der Waals surface area (Å²) < 4.78 is 57.5. The monoisotopic (exact) mass is 404 g/mol. The molecule has 2 heterocycles. The minimum Gasteiger partial charge on any atom is -0.439 e. The van der Waals surface area contributed by atoms with E-state index in [1.807, 2.05) is 0 Å². The number of halogens is 5. The lowest BCUT2D eigenvalue weighted by Gasteiger charge is -2.18. The number of amides is 1. The van der Waals surface area contributed by atoms with Gasteiger partial charge in [0.1, 0.15) is 6.04 Å². The molecule has 3 rings (SSSR count). The summed E-state index contributed by atoms with van der Waals surface area (Å²) >= 11 is 3.16. The molecule has 0 radical (unpaired) electrons. The average molecular weight is 405 g/mol. The van der Waals surface area contributed by atoms with Gasteiger partial charge in [0, 0.05) is 16.2 Å². The van der Waals surface area contributed by atoms with Crippen LogP contribution in [0.2, 0.25) is 0 Å². The second kappa shape index (κ2) is 6.04. The summed E-state index contributed by atoms with van der Waals surface area (Å²) in [5, 5.41) is 2.45. The van der Waals surface area contributed by atoms with Crippen molar-refractivity contribution in [1.82, 2.24) is 10.3 Å². The van der Waals surface area contributed by atoms with E-state index in [1.54, 1.807) is 0 Å². The highest BCUT2D eigenvalue weighted by Gasteiger charge is 2.39. The van der Waals surface area contributed by atoms with E-state index in [0.717, 1.165) is 12.1 Å². The molecule has 24 heavy (non-hydrogen) atoms. The van der Waals surface area contributed by atoms with E-state index in [0.29, 0.717) is 10.0 Å². The highest BCUT2D eigenvalue weighted by molar-refractivity contribution is 9.10. The largest absolute Gasteiger partial charge is 0.439 e. The Bertz CT molecular complexity index is 780. The van der Waals surface area contributed by atoms with E-state index >= 15 is 0 Å². The lowest BCUT2D eigenvalue weighted by atomic mass is 9.96. The highest BCUT2D eigenvalue weighted by Crippen LogP contribution is 2.39. The van der Waals surface area contributed by atoms with Crippen molar-refractivity contribution >= 4 is 22.0 Å². The molecule has 1 aliphatic heterocycles. The Morgan fingerprint density at radius 2 is 1.88 bits per heavy atom. The van der Waals surface area contributed by atoms with Crippen LogP contribution in [0.25, 0.3) is 0 Å². The van der Waals surface area contributed by atoms with E-state index in [2.05, 4.69) is 26.2 Å². The van der Waals surface area contributed by atoms with Gasteiger partial charge in [0.2, 0.25) is 5.95 Å². The van der Waals surface area contributed by atoms with Crippen LogP contribution in [0.3, 0.4) is 0 Å². The van der Waals surface area contributed by atoms with Gasteiger partial charge in [-0.25, -0.2) is 9.78 Å². The van der Waals surface area contributed by atoms with Crippen LogP contribution in [-0.2, 0) is 10.9 Å². The molecule has 0 saturated carbocycles. The molecule has 4 nitrogen and oxygen atoms in total. The van der Waals surface area contributed by atoms with Crippen molar-refractivity contribution < 1.29 is 27.1 Å². The molecule has 1 amide bonds. The van der Waals surface area contributed by atoms with Crippen molar-refractivity contribution in [3.8, 4) is 0 Å². The number of aromatic nitrogens is 1. The Hall–Kier alpha value is -2.16. The number of carbonyl (C=O) groups is 1. The number of alkyl halides is 3. The van der Waals surface area contributed by atoms with Gasteiger partial charge in [-0.05, 0) is 39.7 Å². The molecule has 2 aromatic rings. The maximum Gasteiger partial charge on any atom is 0.416 e. The summed E-state index contributed by atoms with van der Waals surface area (Å²) in [5.74, 6) is -0.800. The highest BCUT2D eigenvalue weighted by atomic mass is 79.9. The van der Waals surface area contributed by atoms with Crippen LogP contribution in [-0.4, -0.2) is 11.1 Å². The minimum absolute atomic E-state index is 0.0696. The molecule has 0 bridgehead atoms. The number of pyridine rings is 1. The smallest absolute Gasteiger partial charge is 0.416 e. The van der Waals surface area contributed by atoms with Crippen molar-refractivity contribution in [2.75, 3.05) is 0 Å². The summed E-state index contributed by atoms with van der Waals surface area (Å²) in [6.45, 7) is 0. The van der Waals surface area contributed by atoms with E-state index < -0.39 is 35.9 Å². The number of benzene rings is 1. The van der Waals surface area contributed by atoms with Crippen LogP contribution < -0.4 is 5.32 Å². The molecule has 2 atom stereocenters. The molecule has 1 aliphatic rings. The maximum absolute atomic E-state index is 14.0. The molecule has 1 saturated heterocycles. The Labute approximate surface area is 142 Å². The Balaban J connectivity index is 1.96. The first-order valence-corrected chi connectivity index (χ1v) is 7.50. The van der Waals surface area contributed by atoms with Crippen LogP contribution in [0.4, 0.5) is 22.4 Å². The van der Waals surface area contributed by atoms with E-state index in [-0.39, 0.29) is 5.56 Å². The number of nitrogens with zero attached hydrogens (tertiary/aromatic N) is 1. The third-order valence-corrected chi connectivity index (χ3v) is 3.98. The molecular formula is C15H9BrF4N2O2. The lowest BCUT2D eigenvalue weighted by molar-refractivity contribution is -0.137. The molecule has 2 unspecified atom stereocenters. The minimum atomic E-state index is -4.47. The number of ether oxygens (including phenoxy) is 1. The van der Waals surface area contributed by atoms with Crippen molar-refractivity contribution in [2.24, 2.45) is 0 Å². The fraction of sp³-hybridized carbons (Fsp3) is 0.200. The van der Waals surface area contributed by atoms with Gasteiger partial charge in [-0.2, -0.15) is 17.6 Å². The molecule has 0 aliphatic carbocycles. The second-order valence-corrected chi connectivity index (χ2v) is 6.02. The zero-order chi connectivity index (χ0) is 17.5. The topological polar surface area (TPSA) is 51.2 Å². The van der Waals surface area contributed by atoms with E-state index in [4.69, 9.17) is 4.74 Å². The number of nitrogens with one attached hydrogen (secondary N) is 1. The summed E-state index contributed by atoms with van der Waals surface area (Å²) in [6.07, 6.45) is -4.97. The number of hydrogen-bond acceptors (Lipinski definition) is 3. The average Bonchev–Trinajstić information content (AvgIpc) is 2.91. The predicted molar refractivity (Wildman–Crippen MR) is 78.4 cm³/mol. The SMILES string of the molecule is O=C1NC(c2cc(Br)cnc2F)C(c2ccc(C(F)(F)F)cc2)O1. The number of rotatable bonds is 2. The second-order valence-electron chi connectivity index (χ2n) is 5.10. The van der Waals surface area contributed by atoms with Gasteiger partial charge >= 0.3 is 12.3 Å². The normalized spacial score (nSPS) is 20.6. The maximum atomic E-state index is 14.0. The lowest BCUT2D eigenvalue weighted by Crippen LogP contribution is -2.21.